The van der Waals surface area contributed by atoms with Gasteiger partial charge in [-0.2, -0.15) is 5.10 Å². The second kappa shape index (κ2) is 7.09. The van der Waals surface area contributed by atoms with Crippen molar-refractivity contribution < 1.29 is 0 Å². The molecule has 0 unspecified atom stereocenters. The molecule has 1 aliphatic rings. The Labute approximate surface area is 148 Å². The minimum atomic E-state index is 0.917. The van der Waals surface area contributed by atoms with E-state index in [2.05, 4.69) is 69.5 Å². The number of hydrogen-bond acceptors (Lipinski definition) is 3. The van der Waals surface area contributed by atoms with Crippen molar-refractivity contribution in [2.45, 2.75) is 39.2 Å². The number of amidine groups is 1. The Bertz CT molecular complexity index is 949. The maximum absolute atomic E-state index is 4.55. The molecule has 4 heteroatoms. The molecule has 0 amide bonds. The van der Waals surface area contributed by atoms with Crippen LogP contribution in [0.2, 0.25) is 0 Å². The molecule has 0 radical (unpaired) electrons. The van der Waals surface area contributed by atoms with Crippen LogP contribution in [0.1, 0.15) is 38.2 Å². The second-order valence-electron chi connectivity index (χ2n) is 6.55. The monoisotopic (exact) mass is 332 g/mol. The smallest absolute Gasteiger partial charge is 0.117 e. The number of aliphatic imine (C=N–C) groups is 1. The van der Waals surface area contributed by atoms with E-state index in [9.17, 15) is 0 Å². The summed E-state index contributed by atoms with van der Waals surface area (Å²) in [7, 11) is 0. The van der Waals surface area contributed by atoms with Gasteiger partial charge in [0, 0.05) is 41.3 Å². The Hall–Kier alpha value is -2.62. The first kappa shape index (κ1) is 15.9. The molecule has 2 aromatic carbocycles. The van der Waals surface area contributed by atoms with E-state index in [0.29, 0.717) is 0 Å². The zero-order chi connectivity index (χ0) is 17.1. The predicted molar refractivity (Wildman–Crippen MR) is 107 cm³/mol. The van der Waals surface area contributed by atoms with Gasteiger partial charge in [0.05, 0.1) is 6.21 Å². The fourth-order valence-electron chi connectivity index (χ4n) is 3.64. The molecule has 0 bridgehead atoms. The van der Waals surface area contributed by atoms with Crippen LogP contribution in [0.3, 0.4) is 0 Å². The number of rotatable bonds is 3. The van der Waals surface area contributed by atoms with Gasteiger partial charge >= 0.3 is 0 Å². The van der Waals surface area contributed by atoms with Gasteiger partial charge in [-0.25, -0.2) is 0 Å². The third kappa shape index (κ3) is 3.16. The van der Waals surface area contributed by atoms with Gasteiger partial charge in [-0.1, -0.05) is 30.7 Å². The van der Waals surface area contributed by atoms with E-state index in [0.717, 1.165) is 30.9 Å². The number of aryl methyl sites for hydroxylation is 1. The summed E-state index contributed by atoms with van der Waals surface area (Å²) in [5, 5.41) is 7.00. The number of benzene rings is 2. The molecule has 3 aromatic rings. The van der Waals surface area contributed by atoms with Crippen molar-refractivity contribution in [3.05, 3.63) is 48.0 Å². The van der Waals surface area contributed by atoms with Crippen LogP contribution in [0.5, 0.6) is 0 Å². The van der Waals surface area contributed by atoms with Crippen molar-refractivity contribution in [3.63, 3.8) is 0 Å². The highest BCUT2D eigenvalue weighted by Crippen LogP contribution is 2.29. The van der Waals surface area contributed by atoms with E-state index >= 15 is 0 Å². The van der Waals surface area contributed by atoms with Gasteiger partial charge in [-0.05, 0) is 43.5 Å². The number of fused-ring (bicyclic) bond motifs is 3. The maximum Gasteiger partial charge on any atom is 0.117 e. The molecular weight excluding hydrogens is 308 g/mol. The van der Waals surface area contributed by atoms with Crippen LogP contribution in [0.25, 0.3) is 21.8 Å². The second-order valence-corrected chi connectivity index (χ2v) is 6.55. The van der Waals surface area contributed by atoms with Crippen molar-refractivity contribution in [2.75, 3.05) is 6.54 Å². The van der Waals surface area contributed by atoms with Crippen LogP contribution < -0.4 is 5.43 Å². The third-order valence-corrected chi connectivity index (χ3v) is 4.89. The van der Waals surface area contributed by atoms with E-state index in [1.54, 1.807) is 0 Å². The zero-order valence-corrected chi connectivity index (χ0v) is 14.7. The van der Waals surface area contributed by atoms with E-state index < -0.39 is 0 Å². The summed E-state index contributed by atoms with van der Waals surface area (Å²) in [6, 6.07) is 15.2. The predicted octanol–water partition coefficient (Wildman–Crippen LogP) is 4.71. The topological polar surface area (TPSA) is 41.7 Å². The van der Waals surface area contributed by atoms with Crippen molar-refractivity contribution in [1.82, 2.24) is 9.99 Å². The molecule has 1 aliphatic heterocycles. The zero-order valence-electron chi connectivity index (χ0n) is 14.7. The summed E-state index contributed by atoms with van der Waals surface area (Å²) in [6.07, 6.45) is 6.54. The average Bonchev–Trinajstić information content (AvgIpc) is 2.78. The standard InChI is InChI=1S/C21H24N4/c1-2-25-19-9-6-5-8-17(19)18-14-16(11-12-20(18)25)15-23-24-21-10-4-3-7-13-22-21/h5-6,8-9,11-12,14-15H,2-4,7,10,13H2,1H3,(H,22,24)/b23-15-. The number of hydrazone groups is 1. The molecule has 0 fully saturated rings. The summed E-state index contributed by atoms with van der Waals surface area (Å²) < 4.78 is 2.37. The Balaban J connectivity index is 1.64. The van der Waals surface area contributed by atoms with E-state index in [1.807, 2.05) is 6.21 Å². The first-order valence-corrected chi connectivity index (χ1v) is 9.20. The van der Waals surface area contributed by atoms with Gasteiger partial charge in [0.25, 0.3) is 0 Å². The molecule has 0 saturated heterocycles. The van der Waals surface area contributed by atoms with Crippen LogP contribution in [0, 0.1) is 0 Å². The lowest BCUT2D eigenvalue weighted by atomic mass is 10.1. The highest BCUT2D eigenvalue weighted by molar-refractivity contribution is 6.09. The molecule has 2 heterocycles. The summed E-state index contributed by atoms with van der Waals surface area (Å²) in [4.78, 5) is 4.55. The lowest BCUT2D eigenvalue weighted by molar-refractivity contribution is 0.729. The van der Waals surface area contributed by atoms with E-state index in [-0.39, 0.29) is 0 Å². The van der Waals surface area contributed by atoms with Gasteiger partial charge in [-0.15, -0.1) is 0 Å². The summed E-state index contributed by atoms with van der Waals surface area (Å²) in [5.41, 5.74) is 6.80. The molecule has 0 spiro atoms. The average molecular weight is 332 g/mol. The Morgan fingerprint density at radius 2 is 1.96 bits per heavy atom. The Morgan fingerprint density at radius 3 is 2.88 bits per heavy atom. The summed E-state index contributed by atoms with van der Waals surface area (Å²) in [5.74, 6) is 1.01. The largest absolute Gasteiger partial charge is 0.341 e. The van der Waals surface area contributed by atoms with Crippen LogP contribution in [-0.2, 0) is 6.54 Å². The van der Waals surface area contributed by atoms with Gasteiger partial charge in [-0.3, -0.25) is 10.4 Å². The first-order chi connectivity index (χ1) is 12.4. The molecule has 4 rings (SSSR count). The van der Waals surface area contributed by atoms with E-state index in [4.69, 9.17) is 0 Å². The lowest BCUT2D eigenvalue weighted by Crippen LogP contribution is -2.17. The van der Waals surface area contributed by atoms with Crippen molar-refractivity contribution in [2.24, 2.45) is 10.1 Å². The number of nitrogens with one attached hydrogen (secondary N) is 1. The SMILES string of the molecule is CCn1c2ccccc2c2cc(/C=N\NC3=NCCCCC3)ccc21. The number of nitrogens with zero attached hydrogens (tertiary/aromatic N) is 3. The van der Waals surface area contributed by atoms with Crippen LogP contribution in [0.15, 0.2) is 52.6 Å². The van der Waals surface area contributed by atoms with Crippen LogP contribution >= 0.6 is 0 Å². The van der Waals surface area contributed by atoms with Gasteiger partial charge < -0.3 is 4.57 Å². The molecule has 0 atom stereocenters. The number of hydrogen-bond donors (Lipinski definition) is 1. The highest BCUT2D eigenvalue weighted by atomic mass is 15.3. The molecular formula is C21H24N4. The molecule has 1 aromatic heterocycles. The molecule has 4 nitrogen and oxygen atoms in total. The molecule has 0 saturated carbocycles. The van der Waals surface area contributed by atoms with Gasteiger partial charge in [0.2, 0.25) is 0 Å². The minimum absolute atomic E-state index is 0.917. The highest BCUT2D eigenvalue weighted by Gasteiger charge is 2.09. The molecule has 128 valence electrons. The summed E-state index contributed by atoms with van der Waals surface area (Å²) >= 11 is 0. The number of para-hydroxylation sites is 1. The van der Waals surface area contributed by atoms with Gasteiger partial charge in [0.15, 0.2) is 0 Å². The number of aromatic nitrogens is 1. The minimum Gasteiger partial charge on any atom is -0.341 e. The van der Waals surface area contributed by atoms with E-state index in [1.165, 1.54) is 41.1 Å². The molecule has 0 aliphatic carbocycles. The van der Waals surface area contributed by atoms with Crippen molar-refractivity contribution >= 4 is 33.9 Å². The fraction of sp³-hybridized carbons (Fsp3) is 0.333. The normalized spacial score (nSPS) is 15.6. The molecule has 1 N–H and O–H groups in total. The first-order valence-electron chi connectivity index (χ1n) is 9.20. The Morgan fingerprint density at radius 1 is 1.08 bits per heavy atom. The maximum atomic E-state index is 4.55. The van der Waals surface area contributed by atoms with Crippen molar-refractivity contribution in [3.8, 4) is 0 Å². The van der Waals surface area contributed by atoms with Crippen molar-refractivity contribution in [1.29, 1.82) is 0 Å². The Kier molecular flexibility index (Phi) is 4.51. The van der Waals surface area contributed by atoms with Crippen LogP contribution in [0.4, 0.5) is 0 Å². The van der Waals surface area contributed by atoms with Gasteiger partial charge in [0.1, 0.15) is 5.84 Å². The quantitative estimate of drug-likeness (QED) is 0.548. The molecule has 25 heavy (non-hydrogen) atoms. The third-order valence-electron chi connectivity index (χ3n) is 4.89. The fourth-order valence-corrected chi connectivity index (χ4v) is 3.64. The summed E-state index contributed by atoms with van der Waals surface area (Å²) in [6.45, 7) is 4.08. The van der Waals surface area contributed by atoms with Crippen LogP contribution in [-0.4, -0.2) is 23.2 Å². The lowest BCUT2D eigenvalue weighted by Gasteiger charge is -2.03.